The molecular weight excluding hydrogens is 262 g/mol. The smallest absolute Gasteiger partial charge is 0.0897 e. The van der Waals surface area contributed by atoms with Crippen LogP contribution in [0.3, 0.4) is 0 Å². The van der Waals surface area contributed by atoms with Crippen LogP contribution in [0, 0.1) is 11.8 Å². The molecule has 0 aliphatic heterocycles. The van der Waals surface area contributed by atoms with E-state index in [9.17, 15) is 5.11 Å². The van der Waals surface area contributed by atoms with Gasteiger partial charge in [-0.2, -0.15) is 0 Å². The number of ether oxygens (including phenoxy) is 1. The zero-order valence-electron chi connectivity index (χ0n) is 14.6. The van der Waals surface area contributed by atoms with Gasteiger partial charge in [0, 0.05) is 12.6 Å². The fourth-order valence-electron chi connectivity index (χ4n) is 3.37. The second-order valence-corrected chi connectivity index (χ2v) is 7.38. The Morgan fingerprint density at radius 3 is 2.24 bits per heavy atom. The monoisotopic (exact) mass is 299 g/mol. The first-order chi connectivity index (χ1) is 9.99. The molecule has 1 rings (SSSR count). The molecule has 3 nitrogen and oxygen atoms in total. The van der Waals surface area contributed by atoms with Crippen molar-refractivity contribution in [2.24, 2.45) is 11.8 Å². The van der Waals surface area contributed by atoms with Crippen LogP contribution in [-0.4, -0.2) is 36.5 Å². The Labute approximate surface area is 131 Å². The third-order valence-electron chi connectivity index (χ3n) is 4.66. The molecule has 0 radical (unpaired) electrons. The van der Waals surface area contributed by atoms with E-state index < -0.39 is 6.10 Å². The van der Waals surface area contributed by atoms with Gasteiger partial charge >= 0.3 is 0 Å². The van der Waals surface area contributed by atoms with Crippen LogP contribution in [0.5, 0.6) is 0 Å². The van der Waals surface area contributed by atoms with Gasteiger partial charge in [0.25, 0.3) is 0 Å². The lowest BCUT2D eigenvalue weighted by molar-refractivity contribution is -0.00971. The van der Waals surface area contributed by atoms with Crippen LogP contribution in [0.15, 0.2) is 0 Å². The fraction of sp³-hybridized carbons (Fsp3) is 1.00. The Morgan fingerprint density at radius 1 is 1.05 bits per heavy atom. The number of aliphatic hydroxyl groups excluding tert-OH is 1. The zero-order chi connectivity index (χ0) is 15.7. The van der Waals surface area contributed by atoms with Gasteiger partial charge in [-0.25, -0.2) is 0 Å². The third-order valence-corrected chi connectivity index (χ3v) is 4.66. The second kappa shape index (κ2) is 10.6. The first-order valence-electron chi connectivity index (χ1n) is 9.02. The lowest BCUT2D eigenvalue weighted by atomic mass is 9.93. The molecule has 126 valence electrons. The summed E-state index contributed by atoms with van der Waals surface area (Å²) in [4.78, 5) is 0. The zero-order valence-corrected chi connectivity index (χ0v) is 14.6. The van der Waals surface area contributed by atoms with E-state index in [4.69, 9.17) is 4.74 Å². The van der Waals surface area contributed by atoms with E-state index in [-0.39, 0.29) is 6.10 Å². The van der Waals surface area contributed by atoms with Crippen molar-refractivity contribution in [1.29, 1.82) is 0 Å². The number of hydrogen-bond acceptors (Lipinski definition) is 3. The molecule has 21 heavy (non-hydrogen) atoms. The summed E-state index contributed by atoms with van der Waals surface area (Å²) in [7, 11) is 0. The molecule has 0 heterocycles. The van der Waals surface area contributed by atoms with Crippen LogP contribution in [0.1, 0.15) is 72.6 Å². The molecule has 1 saturated carbocycles. The Balaban J connectivity index is 2.14. The predicted octanol–water partition coefficient (Wildman–Crippen LogP) is 3.75. The van der Waals surface area contributed by atoms with Crippen molar-refractivity contribution in [3.05, 3.63) is 0 Å². The van der Waals surface area contributed by atoms with Gasteiger partial charge in [0.05, 0.1) is 18.8 Å². The largest absolute Gasteiger partial charge is 0.389 e. The molecule has 1 aliphatic rings. The van der Waals surface area contributed by atoms with E-state index in [0.717, 1.165) is 12.3 Å². The van der Waals surface area contributed by atoms with E-state index in [0.29, 0.717) is 25.1 Å². The van der Waals surface area contributed by atoms with E-state index >= 15 is 0 Å². The van der Waals surface area contributed by atoms with Crippen molar-refractivity contribution in [3.8, 4) is 0 Å². The molecule has 3 heteroatoms. The highest BCUT2D eigenvalue weighted by molar-refractivity contribution is 4.76. The van der Waals surface area contributed by atoms with Crippen LogP contribution in [0.25, 0.3) is 0 Å². The first-order valence-corrected chi connectivity index (χ1v) is 9.02. The van der Waals surface area contributed by atoms with Gasteiger partial charge in [0.1, 0.15) is 0 Å². The molecule has 0 saturated heterocycles. The number of nitrogens with one attached hydrogen (secondary N) is 1. The summed E-state index contributed by atoms with van der Waals surface area (Å²) >= 11 is 0. The van der Waals surface area contributed by atoms with Crippen molar-refractivity contribution in [2.45, 2.75) is 90.9 Å². The second-order valence-electron chi connectivity index (χ2n) is 7.38. The maximum atomic E-state index is 10.0. The predicted molar refractivity (Wildman–Crippen MR) is 89.5 cm³/mol. The van der Waals surface area contributed by atoms with Crippen LogP contribution in [0.4, 0.5) is 0 Å². The molecule has 0 bridgehead atoms. The van der Waals surface area contributed by atoms with E-state index in [2.05, 4.69) is 33.0 Å². The van der Waals surface area contributed by atoms with Gasteiger partial charge in [-0.15, -0.1) is 0 Å². The van der Waals surface area contributed by atoms with Gasteiger partial charge in [0.2, 0.25) is 0 Å². The van der Waals surface area contributed by atoms with E-state index in [1.807, 2.05) is 0 Å². The maximum absolute atomic E-state index is 10.0. The molecule has 0 aromatic carbocycles. The normalized spacial score (nSPS) is 22.0. The molecule has 0 aromatic rings. The topological polar surface area (TPSA) is 41.5 Å². The Bertz CT molecular complexity index is 250. The summed E-state index contributed by atoms with van der Waals surface area (Å²) in [6.07, 6.45) is 9.11. The molecule has 2 N–H and O–H groups in total. The van der Waals surface area contributed by atoms with Crippen LogP contribution < -0.4 is 5.32 Å². The minimum absolute atomic E-state index is 0.235. The minimum Gasteiger partial charge on any atom is -0.389 e. The van der Waals surface area contributed by atoms with Gasteiger partial charge in [-0.05, 0) is 44.9 Å². The summed E-state index contributed by atoms with van der Waals surface area (Å²) < 4.78 is 5.72. The third kappa shape index (κ3) is 8.80. The van der Waals surface area contributed by atoms with Crippen molar-refractivity contribution in [1.82, 2.24) is 5.32 Å². The van der Waals surface area contributed by atoms with Crippen molar-refractivity contribution < 1.29 is 9.84 Å². The summed E-state index contributed by atoms with van der Waals surface area (Å²) in [5.74, 6) is 1.42. The molecule has 0 amide bonds. The Morgan fingerprint density at radius 2 is 1.67 bits per heavy atom. The minimum atomic E-state index is -0.396. The standard InChI is InChI=1S/C18H37NO2/c1-14(2)11-15(3)21-13-18(20)12-19-16(4)17-9-7-5-6-8-10-17/h14-20H,5-13H2,1-4H3/t15?,16-,18?/m1/s1. The number of hydrogen-bond donors (Lipinski definition) is 2. The maximum Gasteiger partial charge on any atom is 0.0897 e. The molecule has 1 aliphatic carbocycles. The highest BCUT2D eigenvalue weighted by Crippen LogP contribution is 2.25. The molecule has 0 spiro atoms. The SMILES string of the molecule is CC(C)CC(C)OCC(O)CN[C@H](C)C1CCCCCC1. The summed E-state index contributed by atoms with van der Waals surface area (Å²) in [5, 5.41) is 13.6. The summed E-state index contributed by atoms with van der Waals surface area (Å²) in [6, 6.07) is 0.505. The molecular formula is C18H37NO2. The quantitative estimate of drug-likeness (QED) is 0.637. The average molecular weight is 299 g/mol. The number of aliphatic hydroxyl groups is 1. The Hall–Kier alpha value is -0.120. The molecule has 2 unspecified atom stereocenters. The summed E-state index contributed by atoms with van der Waals surface area (Å²) in [5.41, 5.74) is 0. The first kappa shape index (κ1) is 18.9. The van der Waals surface area contributed by atoms with Gasteiger partial charge in [-0.1, -0.05) is 39.5 Å². The molecule has 3 atom stereocenters. The van der Waals surface area contributed by atoms with Crippen LogP contribution >= 0.6 is 0 Å². The lowest BCUT2D eigenvalue weighted by Crippen LogP contribution is -2.40. The van der Waals surface area contributed by atoms with Gasteiger partial charge < -0.3 is 15.2 Å². The van der Waals surface area contributed by atoms with E-state index in [1.54, 1.807) is 0 Å². The number of rotatable bonds is 9. The van der Waals surface area contributed by atoms with Crippen LogP contribution in [-0.2, 0) is 4.74 Å². The fourth-order valence-corrected chi connectivity index (χ4v) is 3.37. The lowest BCUT2D eigenvalue weighted by Gasteiger charge is -2.25. The van der Waals surface area contributed by atoms with Gasteiger partial charge in [-0.3, -0.25) is 0 Å². The van der Waals surface area contributed by atoms with Gasteiger partial charge in [0.15, 0.2) is 0 Å². The highest BCUT2D eigenvalue weighted by atomic mass is 16.5. The van der Waals surface area contributed by atoms with E-state index in [1.165, 1.54) is 38.5 Å². The molecule has 0 aromatic heterocycles. The van der Waals surface area contributed by atoms with Crippen molar-refractivity contribution in [3.63, 3.8) is 0 Å². The molecule has 1 fully saturated rings. The highest BCUT2D eigenvalue weighted by Gasteiger charge is 2.19. The summed E-state index contributed by atoms with van der Waals surface area (Å²) in [6.45, 7) is 9.85. The van der Waals surface area contributed by atoms with Crippen molar-refractivity contribution >= 4 is 0 Å². The average Bonchev–Trinajstić information content (AvgIpc) is 2.70. The Kier molecular flexibility index (Phi) is 9.54. The van der Waals surface area contributed by atoms with Crippen LogP contribution in [0.2, 0.25) is 0 Å². The van der Waals surface area contributed by atoms with Crippen molar-refractivity contribution in [2.75, 3.05) is 13.2 Å².